The predicted octanol–water partition coefficient (Wildman–Crippen LogP) is -3.50. The first kappa shape index (κ1) is 10.2. The number of primary amides is 1. The fraction of sp³-hybridized carbons (Fsp3) is 0.400. The second-order valence-corrected chi connectivity index (χ2v) is 2.58. The zero-order valence-corrected chi connectivity index (χ0v) is 6.77. The highest BCUT2D eigenvalue weighted by atomic mass is 16.5. The Hall–Kier alpha value is -1.87. The molecule has 7 N–H and O–H groups in total. The normalized spacial score (nSPS) is 25.9. The summed E-state index contributed by atoms with van der Waals surface area (Å²) in [5.41, 5.74) is 2.38. The first-order valence-corrected chi connectivity index (χ1v) is 3.46. The van der Waals surface area contributed by atoms with Gasteiger partial charge >= 0.3 is 12.1 Å². The van der Waals surface area contributed by atoms with Gasteiger partial charge in [-0.2, -0.15) is 0 Å². The number of hydrogen-bond donors (Lipinski definition) is 6. The van der Waals surface area contributed by atoms with E-state index in [4.69, 9.17) is 15.9 Å². The number of carbonyl (C=O) groups excluding carboxylic acids is 3. The van der Waals surface area contributed by atoms with E-state index in [0.29, 0.717) is 0 Å². The molecule has 1 rings (SSSR count). The number of aliphatic hydroxyl groups is 2. The minimum Gasteiger partial charge on any atom is -0.364 e. The van der Waals surface area contributed by atoms with Crippen LogP contribution in [0.1, 0.15) is 0 Å². The summed E-state index contributed by atoms with van der Waals surface area (Å²) in [7, 11) is 0. The van der Waals surface area contributed by atoms with Gasteiger partial charge in [-0.05, 0) is 0 Å². The zero-order valence-electron chi connectivity index (χ0n) is 6.77. The molecule has 9 heteroatoms. The number of urea groups is 2. The van der Waals surface area contributed by atoms with Crippen LogP contribution < -0.4 is 21.7 Å². The number of hydrogen-bond acceptors (Lipinski definition) is 5. The largest absolute Gasteiger partial charge is 0.364 e. The number of aliphatic hydroxyl groups excluding tert-OH is 1. The topological polar surface area (TPSA) is 154 Å². The molecule has 0 radical (unpaired) electrons. The Morgan fingerprint density at radius 3 is 2.36 bits per heavy atom. The number of rotatable bonds is 2. The van der Waals surface area contributed by atoms with E-state index in [2.05, 4.69) is 0 Å². The molecule has 1 unspecified atom stereocenters. The van der Waals surface area contributed by atoms with Crippen molar-refractivity contribution in [3.05, 3.63) is 0 Å². The van der Waals surface area contributed by atoms with Crippen LogP contribution in [0.2, 0.25) is 0 Å². The SMILES string of the molecule is NC(=O)NC1(C(O)O)NC(=O)NC1=O. The zero-order chi connectivity index (χ0) is 10.9. The molecule has 0 aliphatic carbocycles. The lowest BCUT2D eigenvalue weighted by molar-refractivity contribution is -0.147. The number of carbonyl (C=O) groups is 3. The number of nitrogens with one attached hydrogen (secondary N) is 3. The maximum atomic E-state index is 11.1. The minimum absolute atomic E-state index is 0.961. The van der Waals surface area contributed by atoms with Crippen molar-refractivity contribution >= 4 is 18.0 Å². The van der Waals surface area contributed by atoms with E-state index in [1.54, 1.807) is 10.6 Å². The Morgan fingerprint density at radius 1 is 1.50 bits per heavy atom. The van der Waals surface area contributed by atoms with Crippen LogP contribution in [0, 0.1) is 0 Å². The maximum absolute atomic E-state index is 11.1. The third kappa shape index (κ3) is 1.45. The van der Waals surface area contributed by atoms with E-state index in [0.717, 1.165) is 0 Å². The van der Waals surface area contributed by atoms with Gasteiger partial charge in [-0.15, -0.1) is 0 Å². The van der Waals surface area contributed by atoms with Crippen molar-refractivity contribution in [3.8, 4) is 0 Å². The highest BCUT2D eigenvalue weighted by Gasteiger charge is 2.52. The summed E-state index contributed by atoms with van der Waals surface area (Å²) < 4.78 is 0. The Bertz CT molecular complexity index is 302. The lowest BCUT2D eigenvalue weighted by Crippen LogP contribution is -2.68. The van der Waals surface area contributed by atoms with Crippen molar-refractivity contribution in [3.63, 3.8) is 0 Å². The monoisotopic (exact) mass is 204 g/mol. The van der Waals surface area contributed by atoms with Crippen LogP contribution in [0.3, 0.4) is 0 Å². The van der Waals surface area contributed by atoms with Crippen molar-refractivity contribution in [2.45, 2.75) is 12.0 Å². The van der Waals surface area contributed by atoms with Gasteiger partial charge in [-0.1, -0.05) is 0 Å². The van der Waals surface area contributed by atoms with Crippen LogP contribution in [-0.4, -0.2) is 40.1 Å². The van der Waals surface area contributed by atoms with Crippen molar-refractivity contribution in [1.29, 1.82) is 0 Å². The molecule has 9 nitrogen and oxygen atoms in total. The summed E-state index contributed by atoms with van der Waals surface area (Å²) in [4.78, 5) is 32.3. The molecule has 14 heavy (non-hydrogen) atoms. The van der Waals surface area contributed by atoms with E-state index in [1.807, 2.05) is 5.32 Å². The van der Waals surface area contributed by atoms with E-state index in [1.165, 1.54) is 0 Å². The molecule has 0 aromatic rings. The summed E-state index contributed by atoms with van der Waals surface area (Å²) in [6, 6.07) is -2.15. The lowest BCUT2D eigenvalue weighted by Gasteiger charge is -2.27. The van der Waals surface area contributed by atoms with Crippen LogP contribution in [0.5, 0.6) is 0 Å². The van der Waals surface area contributed by atoms with E-state index in [-0.39, 0.29) is 0 Å². The highest BCUT2D eigenvalue weighted by molar-refractivity contribution is 6.08. The second-order valence-electron chi connectivity index (χ2n) is 2.58. The molecule has 0 aromatic heterocycles. The highest BCUT2D eigenvalue weighted by Crippen LogP contribution is 2.10. The quantitative estimate of drug-likeness (QED) is 0.203. The number of nitrogens with two attached hydrogens (primary N) is 1. The molecule has 1 heterocycles. The summed E-state index contributed by atoms with van der Waals surface area (Å²) in [6.07, 6.45) is -2.30. The molecule has 1 fully saturated rings. The summed E-state index contributed by atoms with van der Waals surface area (Å²) in [6.45, 7) is 0. The molecule has 0 saturated carbocycles. The first-order valence-electron chi connectivity index (χ1n) is 3.46. The summed E-state index contributed by atoms with van der Waals surface area (Å²) in [5.74, 6) is -1.10. The van der Waals surface area contributed by atoms with Gasteiger partial charge in [0.15, 0.2) is 0 Å². The van der Waals surface area contributed by atoms with Gasteiger partial charge in [-0.25, -0.2) is 9.59 Å². The Balaban J connectivity index is 2.98. The molecule has 1 aliphatic heterocycles. The Morgan fingerprint density at radius 2 is 2.07 bits per heavy atom. The summed E-state index contributed by atoms with van der Waals surface area (Å²) in [5, 5.41) is 23.0. The smallest absolute Gasteiger partial charge is 0.323 e. The average Bonchev–Trinajstić information content (AvgIpc) is 2.26. The van der Waals surface area contributed by atoms with E-state index in [9.17, 15) is 14.4 Å². The van der Waals surface area contributed by atoms with Gasteiger partial charge in [0.1, 0.15) is 0 Å². The van der Waals surface area contributed by atoms with Crippen LogP contribution in [0.4, 0.5) is 9.59 Å². The van der Waals surface area contributed by atoms with Crippen molar-refractivity contribution in [2.75, 3.05) is 0 Å². The standard InChI is InChI=1S/C5H8N4O5/c6-3(13)8-5(2(11)12)1(10)7-4(14)9-5/h2,11-12H,(H3,6,8,13)(H2,7,9,10,14). The van der Waals surface area contributed by atoms with E-state index < -0.39 is 29.9 Å². The first-order chi connectivity index (χ1) is 6.38. The predicted molar refractivity (Wildman–Crippen MR) is 40.4 cm³/mol. The third-order valence-corrected chi connectivity index (χ3v) is 1.60. The molecule has 0 spiro atoms. The van der Waals surface area contributed by atoms with Crippen LogP contribution in [-0.2, 0) is 4.79 Å². The van der Waals surface area contributed by atoms with Gasteiger partial charge in [0.2, 0.25) is 12.0 Å². The van der Waals surface area contributed by atoms with Crippen molar-refractivity contribution < 1.29 is 24.6 Å². The van der Waals surface area contributed by atoms with Crippen LogP contribution >= 0.6 is 0 Å². The van der Waals surface area contributed by atoms with Crippen molar-refractivity contribution in [2.24, 2.45) is 5.73 Å². The third-order valence-electron chi connectivity index (χ3n) is 1.60. The molecule has 1 atom stereocenters. The van der Waals surface area contributed by atoms with Crippen LogP contribution in [0.15, 0.2) is 0 Å². The fourth-order valence-electron chi connectivity index (χ4n) is 0.997. The minimum atomic E-state index is -2.32. The molecule has 5 amide bonds. The van der Waals surface area contributed by atoms with Gasteiger partial charge in [0.25, 0.3) is 5.91 Å². The van der Waals surface area contributed by atoms with E-state index >= 15 is 0 Å². The van der Waals surface area contributed by atoms with Gasteiger partial charge in [0, 0.05) is 0 Å². The number of imide groups is 1. The molecular formula is C5H8N4O5. The van der Waals surface area contributed by atoms with Gasteiger partial charge in [0.05, 0.1) is 0 Å². The average molecular weight is 204 g/mol. The Labute approximate surface area is 77.3 Å². The second kappa shape index (κ2) is 3.12. The van der Waals surface area contributed by atoms with Crippen molar-refractivity contribution in [1.82, 2.24) is 16.0 Å². The molecule has 0 bridgehead atoms. The molecular weight excluding hydrogens is 196 g/mol. The van der Waals surface area contributed by atoms with Crippen LogP contribution in [0.25, 0.3) is 0 Å². The molecule has 1 aliphatic rings. The molecule has 1 saturated heterocycles. The molecule has 0 aromatic carbocycles. The maximum Gasteiger partial charge on any atom is 0.323 e. The number of amides is 5. The molecule has 78 valence electrons. The fourth-order valence-corrected chi connectivity index (χ4v) is 0.997. The van der Waals surface area contributed by atoms with Gasteiger partial charge in [-0.3, -0.25) is 10.1 Å². The lowest BCUT2D eigenvalue weighted by atomic mass is 10.1. The Kier molecular flexibility index (Phi) is 2.28. The summed E-state index contributed by atoms with van der Waals surface area (Å²) >= 11 is 0. The van der Waals surface area contributed by atoms with Gasteiger partial charge < -0.3 is 26.6 Å².